The lowest BCUT2D eigenvalue weighted by Gasteiger charge is -2.30. The van der Waals surface area contributed by atoms with E-state index in [0.717, 1.165) is 25.9 Å². The predicted octanol–water partition coefficient (Wildman–Crippen LogP) is 1.64. The van der Waals surface area contributed by atoms with E-state index in [1.807, 2.05) is 0 Å². The number of nitrogens with zero attached hydrogens (tertiary/aromatic N) is 1. The van der Waals surface area contributed by atoms with Crippen LogP contribution in [0.25, 0.3) is 0 Å². The highest BCUT2D eigenvalue weighted by Crippen LogP contribution is 2.16. The van der Waals surface area contributed by atoms with Crippen molar-refractivity contribution in [3.05, 3.63) is 35.6 Å². The first kappa shape index (κ1) is 14.2. The Morgan fingerprint density at radius 3 is 2.63 bits per heavy atom. The number of piperidine rings is 1. The minimum absolute atomic E-state index is 0.0487. The molecular weight excluding hydrogens is 245 g/mol. The monoisotopic (exact) mass is 265 g/mol. The quantitative estimate of drug-likeness (QED) is 0.880. The minimum atomic E-state index is -0.310. The molecule has 1 aromatic carbocycles. The van der Waals surface area contributed by atoms with Gasteiger partial charge in [-0.15, -0.1) is 0 Å². The first-order valence-corrected chi connectivity index (χ1v) is 6.77. The van der Waals surface area contributed by atoms with Crippen LogP contribution >= 0.6 is 0 Å². The van der Waals surface area contributed by atoms with E-state index in [1.165, 1.54) is 6.07 Å². The number of benzene rings is 1. The normalized spacial score (nSPS) is 17.6. The summed E-state index contributed by atoms with van der Waals surface area (Å²) in [6.45, 7) is 2.30. The smallest absolute Gasteiger partial charge is 0.151 e. The van der Waals surface area contributed by atoms with Crippen LogP contribution in [0.3, 0.4) is 0 Å². The highest BCUT2D eigenvalue weighted by Gasteiger charge is 2.20. The summed E-state index contributed by atoms with van der Waals surface area (Å²) in [6.07, 6.45) is 2.03. The third-order valence-electron chi connectivity index (χ3n) is 3.71. The molecule has 1 fully saturated rings. The fourth-order valence-corrected chi connectivity index (χ4v) is 2.49. The third-order valence-corrected chi connectivity index (χ3v) is 3.71. The molecule has 0 atom stereocenters. The average Bonchev–Trinajstić information content (AvgIpc) is 2.42. The number of aliphatic hydroxyl groups is 1. The maximum absolute atomic E-state index is 13.4. The zero-order valence-electron chi connectivity index (χ0n) is 11.0. The Balaban J connectivity index is 1.81. The van der Waals surface area contributed by atoms with Crippen molar-refractivity contribution in [2.75, 3.05) is 26.2 Å². The second-order valence-electron chi connectivity index (χ2n) is 5.21. The minimum Gasteiger partial charge on any atom is -0.396 e. The topological polar surface area (TPSA) is 40.5 Å². The molecule has 3 nitrogen and oxygen atoms in total. The molecule has 1 saturated heterocycles. The summed E-state index contributed by atoms with van der Waals surface area (Å²) in [5.41, 5.74) is 0.470. The molecule has 1 aliphatic rings. The number of hydrogen-bond donors (Lipinski definition) is 1. The number of ketones is 1. The number of Topliss-reactive ketones (excluding diaryl/α,β-unsaturated/α-hetero) is 1. The fourth-order valence-electron chi connectivity index (χ4n) is 2.49. The van der Waals surface area contributed by atoms with E-state index in [0.29, 0.717) is 18.0 Å². The molecule has 104 valence electrons. The Morgan fingerprint density at radius 1 is 1.32 bits per heavy atom. The van der Waals surface area contributed by atoms with Crippen LogP contribution in [0.5, 0.6) is 0 Å². The Hall–Kier alpha value is -1.26. The summed E-state index contributed by atoms with van der Waals surface area (Å²) in [6, 6.07) is 6.42. The average molecular weight is 265 g/mol. The van der Waals surface area contributed by atoms with Gasteiger partial charge >= 0.3 is 0 Å². The molecule has 2 rings (SSSR count). The van der Waals surface area contributed by atoms with Crippen molar-refractivity contribution < 1.29 is 14.3 Å². The van der Waals surface area contributed by atoms with Gasteiger partial charge in [0.05, 0.1) is 6.54 Å². The first-order chi connectivity index (χ1) is 9.19. The van der Waals surface area contributed by atoms with Gasteiger partial charge in [0.2, 0.25) is 0 Å². The van der Waals surface area contributed by atoms with E-state index in [9.17, 15) is 9.18 Å². The molecular formula is C15H20FNO2. The van der Waals surface area contributed by atoms with Crippen molar-refractivity contribution in [2.45, 2.75) is 19.3 Å². The Morgan fingerprint density at radius 2 is 2.00 bits per heavy atom. The van der Waals surface area contributed by atoms with Crippen LogP contribution in [0.1, 0.15) is 18.4 Å². The molecule has 0 spiro atoms. The Bertz CT molecular complexity index is 428. The van der Waals surface area contributed by atoms with Gasteiger partial charge in [-0.3, -0.25) is 9.69 Å². The first-order valence-electron chi connectivity index (χ1n) is 6.77. The van der Waals surface area contributed by atoms with Gasteiger partial charge in [-0.05, 0) is 43.5 Å². The zero-order chi connectivity index (χ0) is 13.7. The second-order valence-corrected chi connectivity index (χ2v) is 5.21. The van der Waals surface area contributed by atoms with E-state index in [4.69, 9.17) is 5.11 Å². The van der Waals surface area contributed by atoms with E-state index in [1.54, 1.807) is 18.2 Å². The van der Waals surface area contributed by atoms with E-state index < -0.39 is 0 Å². The molecule has 19 heavy (non-hydrogen) atoms. The van der Waals surface area contributed by atoms with Crippen molar-refractivity contribution in [3.8, 4) is 0 Å². The van der Waals surface area contributed by atoms with Crippen molar-refractivity contribution in [3.63, 3.8) is 0 Å². The van der Waals surface area contributed by atoms with Crippen molar-refractivity contribution in [1.29, 1.82) is 0 Å². The van der Waals surface area contributed by atoms with Gasteiger partial charge < -0.3 is 5.11 Å². The van der Waals surface area contributed by atoms with Gasteiger partial charge in [-0.25, -0.2) is 4.39 Å². The molecule has 1 heterocycles. The SMILES string of the molecule is O=C(Cc1ccccc1F)CN1CCC(CO)CC1. The lowest BCUT2D eigenvalue weighted by atomic mass is 9.97. The van der Waals surface area contributed by atoms with Gasteiger partial charge in [-0.1, -0.05) is 18.2 Å². The molecule has 1 aromatic rings. The van der Waals surface area contributed by atoms with Gasteiger partial charge in [0, 0.05) is 13.0 Å². The van der Waals surface area contributed by atoms with Crippen LogP contribution in [0, 0.1) is 11.7 Å². The van der Waals surface area contributed by atoms with Gasteiger partial charge in [0.15, 0.2) is 5.78 Å². The summed E-state index contributed by atoms with van der Waals surface area (Å²) in [5.74, 6) is 0.111. The molecule has 0 bridgehead atoms. The maximum Gasteiger partial charge on any atom is 0.151 e. The summed E-state index contributed by atoms with van der Waals surface area (Å²) in [5, 5.41) is 9.06. The molecule has 0 radical (unpaired) electrons. The molecule has 1 N–H and O–H groups in total. The largest absolute Gasteiger partial charge is 0.396 e. The summed E-state index contributed by atoms with van der Waals surface area (Å²) >= 11 is 0. The summed E-state index contributed by atoms with van der Waals surface area (Å²) < 4.78 is 13.4. The number of likely N-dealkylation sites (tertiary alicyclic amines) is 1. The lowest BCUT2D eigenvalue weighted by molar-refractivity contribution is -0.120. The van der Waals surface area contributed by atoms with Crippen LogP contribution in [0.2, 0.25) is 0 Å². The van der Waals surface area contributed by atoms with Crippen LogP contribution in [0.4, 0.5) is 4.39 Å². The van der Waals surface area contributed by atoms with Crippen molar-refractivity contribution in [2.24, 2.45) is 5.92 Å². The van der Waals surface area contributed by atoms with Gasteiger partial charge in [0.1, 0.15) is 5.82 Å². The van der Waals surface area contributed by atoms with Crippen molar-refractivity contribution >= 4 is 5.78 Å². The summed E-state index contributed by atoms with van der Waals surface area (Å²) in [7, 11) is 0. The highest BCUT2D eigenvalue weighted by molar-refractivity contribution is 5.82. The van der Waals surface area contributed by atoms with Crippen LogP contribution in [-0.2, 0) is 11.2 Å². The van der Waals surface area contributed by atoms with E-state index >= 15 is 0 Å². The standard InChI is InChI=1S/C15H20FNO2/c16-15-4-2-1-3-13(15)9-14(19)10-17-7-5-12(11-18)6-8-17/h1-4,12,18H,5-11H2. The molecule has 1 aliphatic heterocycles. The third kappa shape index (κ3) is 4.11. The Labute approximate surface area is 113 Å². The van der Waals surface area contributed by atoms with Crippen LogP contribution in [-0.4, -0.2) is 42.0 Å². The van der Waals surface area contributed by atoms with Gasteiger partial charge in [-0.2, -0.15) is 0 Å². The Kier molecular flexibility index (Phi) is 5.05. The number of hydrogen-bond acceptors (Lipinski definition) is 3. The highest BCUT2D eigenvalue weighted by atomic mass is 19.1. The number of halogens is 1. The van der Waals surface area contributed by atoms with Crippen LogP contribution < -0.4 is 0 Å². The number of rotatable bonds is 5. The molecule has 0 aromatic heterocycles. The summed E-state index contributed by atoms with van der Waals surface area (Å²) in [4.78, 5) is 14.0. The predicted molar refractivity (Wildman–Crippen MR) is 71.4 cm³/mol. The lowest BCUT2D eigenvalue weighted by Crippen LogP contribution is -2.38. The van der Waals surface area contributed by atoms with Crippen molar-refractivity contribution in [1.82, 2.24) is 4.90 Å². The molecule has 0 amide bonds. The van der Waals surface area contributed by atoms with Crippen LogP contribution in [0.15, 0.2) is 24.3 Å². The van der Waals surface area contributed by atoms with E-state index in [2.05, 4.69) is 4.90 Å². The number of carbonyl (C=O) groups excluding carboxylic acids is 1. The molecule has 0 saturated carbocycles. The zero-order valence-corrected chi connectivity index (χ0v) is 11.0. The fraction of sp³-hybridized carbons (Fsp3) is 0.533. The molecule has 0 aliphatic carbocycles. The van der Waals surface area contributed by atoms with E-state index in [-0.39, 0.29) is 24.6 Å². The number of carbonyl (C=O) groups is 1. The molecule has 0 unspecified atom stereocenters. The number of aliphatic hydroxyl groups excluding tert-OH is 1. The van der Waals surface area contributed by atoms with Gasteiger partial charge in [0.25, 0.3) is 0 Å². The maximum atomic E-state index is 13.4. The second kappa shape index (κ2) is 6.78. The molecule has 4 heteroatoms.